The van der Waals surface area contributed by atoms with Crippen molar-refractivity contribution >= 4 is 45.8 Å². The van der Waals surface area contributed by atoms with Crippen LogP contribution in [0, 0.1) is 0 Å². The lowest BCUT2D eigenvalue weighted by atomic mass is 10.1. The van der Waals surface area contributed by atoms with Crippen LogP contribution in [-0.2, 0) is 0 Å². The molecule has 1 aliphatic heterocycles. The summed E-state index contributed by atoms with van der Waals surface area (Å²) in [7, 11) is 0. The number of carbonyl (C=O) groups excluding carboxylic acids is 1. The standard InChI is InChI=1S/C12H14BrClN2O.ClH/c1-8-7-16(6-5-15-8)12(17)9-3-2-4-10(13)11(9)14;/h2-4,8,15H,5-7H2,1H3;1H/t8-;/m0./s1. The van der Waals surface area contributed by atoms with Gasteiger partial charge >= 0.3 is 0 Å². The Balaban J connectivity index is 0.00000162. The van der Waals surface area contributed by atoms with Crippen LogP contribution in [0.1, 0.15) is 17.3 Å². The molecule has 3 nitrogen and oxygen atoms in total. The molecule has 1 N–H and O–H groups in total. The highest BCUT2D eigenvalue weighted by atomic mass is 79.9. The van der Waals surface area contributed by atoms with E-state index in [1.54, 1.807) is 6.07 Å². The normalized spacial score (nSPS) is 19.3. The van der Waals surface area contributed by atoms with Gasteiger partial charge in [-0.1, -0.05) is 17.7 Å². The number of hydrogen-bond donors (Lipinski definition) is 1. The predicted octanol–water partition coefficient (Wildman–Crippen LogP) is 2.96. The number of halogens is 3. The van der Waals surface area contributed by atoms with Gasteiger partial charge < -0.3 is 10.2 Å². The van der Waals surface area contributed by atoms with Crippen LogP contribution in [0.3, 0.4) is 0 Å². The third kappa shape index (κ3) is 3.38. The molecule has 1 heterocycles. The van der Waals surface area contributed by atoms with Crippen LogP contribution in [0.4, 0.5) is 0 Å². The second-order valence-electron chi connectivity index (χ2n) is 4.21. The fraction of sp³-hybridized carbons (Fsp3) is 0.417. The van der Waals surface area contributed by atoms with E-state index < -0.39 is 0 Å². The molecule has 100 valence electrons. The lowest BCUT2D eigenvalue weighted by molar-refractivity contribution is 0.0709. The average Bonchev–Trinajstić information content (AvgIpc) is 2.32. The van der Waals surface area contributed by atoms with Gasteiger partial charge in [0.25, 0.3) is 5.91 Å². The Labute approximate surface area is 126 Å². The Morgan fingerprint density at radius 3 is 2.94 bits per heavy atom. The van der Waals surface area contributed by atoms with Crippen LogP contribution in [0.15, 0.2) is 22.7 Å². The fourth-order valence-electron chi connectivity index (χ4n) is 1.96. The summed E-state index contributed by atoms with van der Waals surface area (Å²) in [4.78, 5) is 14.2. The topological polar surface area (TPSA) is 32.3 Å². The zero-order chi connectivity index (χ0) is 12.4. The number of benzene rings is 1. The van der Waals surface area contributed by atoms with Gasteiger partial charge in [0, 0.05) is 30.1 Å². The van der Waals surface area contributed by atoms with Gasteiger partial charge in [0.1, 0.15) is 0 Å². The monoisotopic (exact) mass is 352 g/mol. The lowest BCUT2D eigenvalue weighted by Gasteiger charge is -2.32. The average molecular weight is 354 g/mol. The Bertz CT molecular complexity index is 442. The number of nitrogens with one attached hydrogen (secondary N) is 1. The van der Waals surface area contributed by atoms with Crippen LogP contribution < -0.4 is 5.32 Å². The Kier molecular flexibility index (Phi) is 5.92. The SMILES string of the molecule is C[C@H]1CN(C(=O)c2cccc(Br)c2Cl)CCN1.Cl. The smallest absolute Gasteiger partial charge is 0.255 e. The van der Waals surface area contributed by atoms with Gasteiger partial charge in [0.2, 0.25) is 0 Å². The van der Waals surface area contributed by atoms with Crippen LogP contribution >= 0.6 is 39.9 Å². The van der Waals surface area contributed by atoms with E-state index in [-0.39, 0.29) is 18.3 Å². The minimum absolute atomic E-state index is 0. The van der Waals surface area contributed by atoms with Crippen molar-refractivity contribution in [2.75, 3.05) is 19.6 Å². The van der Waals surface area contributed by atoms with E-state index in [1.807, 2.05) is 17.0 Å². The largest absolute Gasteiger partial charge is 0.336 e. The molecule has 0 saturated carbocycles. The maximum Gasteiger partial charge on any atom is 0.255 e. The molecule has 1 aromatic rings. The molecule has 0 radical (unpaired) electrons. The third-order valence-electron chi connectivity index (χ3n) is 2.84. The summed E-state index contributed by atoms with van der Waals surface area (Å²) in [6, 6.07) is 5.76. The second-order valence-corrected chi connectivity index (χ2v) is 5.44. The summed E-state index contributed by atoms with van der Waals surface area (Å²) < 4.78 is 0.758. The number of amides is 1. The van der Waals surface area contributed by atoms with E-state index in [2.05, 4.69) is 28.2 Å². The molecule has 6 heteroatoms. The lowest BCUT2D eigenvalue weighted by Crippen LogP contribution is -2.51. The molecule has 18 heavy (non-hydrogen) atoms. The van der Waals surface area contributed by atoms with Crippen molar-refractivity contribution in [1.29, 1.82) is 0 Å². The number of rotatable bonds is 1. The molecule has 1 atom stereocenters. The van der Waals surface area contributed by atoms with E-state index in [1.165, 1.54) is 0 Å². The molecule has 0 unspecified atom stereocenters. The molecule has 2 rings (SSSR count). The van der Waals surface area contributed by atoms with Gasteiger partial charge in [0.05, 0.1) is 10.6 Å². The first-order valence-corrected chi connectivity index (χ1v) is 6.73. The summed E-state index contributed by atoms with van der Waals surface area (Å²) in [6.07, 6.45) is 0. The van der Waals surface area contributed by atoms with E-state index in [9.17, 15) is 4.79 Å². The first-order chi connectivity index (χ1) is 8.09. The van der Waals surface area contributed by atoms with Gasteiger partial charge in [0.15, 0.2) is 0 Å². The van der Waals surface area contributed by atoms with Crippen molar-refractivity contribution in [3.05, 3.63) is 33.3 Å². The summed E-state index contributed by atoms with van der Waals surface area (Å²) in [5.41, 5.74) is 0.565. The predicted molar refractivity (Wildman–Crippen MR) is 79.8 cm³/mol. The minimum atomic E-state index is 0. The van der Waals surface area contributed by atoms with Crippen LogP contribution in [0.25, 0.3) is 0 Å². The zero-order valence-electron chi connectivity index (χ0n) is 9.95. The molecule has 0 bridgehead atoms. The number of hydrogen-bond acceptors (Lipinski definition) is 2. The molecule has 0 aromatic heterocycles. The Morgan fingerprint density at radius 2 is 2.28 bits per heavy atom. The highest BCUT2D eigenvalue weighted by Crippen LogP contribution is 2.27. The fourth-order valence-corrected chi connectivity index (χ4v) is 2.53. The highest BCUT2D eigenvalue weighted by molar-refractivity contribution is 9.10. The molecule has 1 aromatic carbocycles. The number of nitrogens with zero attached hydrogens (tertiary/aromatic N) is 1. The molecule has 0 aliphatic carbocycles. The van der Waals surface area contributed by atoms with Crippen molar-refractivity contribution in [2.45, 2.75) is 13.0 Å². The number of piperazine rings is 1. The minimum Gasteiger partial charge on any atom is -0.336 e. The van der Waals surface area contributed by atoms with Crippen molar-refractivity contribution in [1.82, 2.24) is 10.2 Å². The molecule has 1 amide bonds. The molecular formula is C12H15BrCl2N2O. The maximum atomic E-state index is 12.3. The summed E-state index contributed by atoms with van der Waals surface area (Å²) in [5.74, 6) is 0.00431. The maximum absolute atomic E-state index is 12.3. The molecule has 0 spiro atoms. The first kappa shape index (κ1) is 15.8. The van der Waals surface area contributed by atoms with Gasteiger partial charge in [-0.15, -0.1) is 12.4 Å². The van der Waals surface area contributed by atoms with Crippen LogP contribution in [0.5, 0.6) is 0 Å². The van der Waals surface area contributed by atoms with Gasteiger partial charge in [-0.2, -0.15) is 0 Å². The van der Waals surface area contributed by atoms with Crippen molar-refractivity contribution in [3.8, 4) is 0 Å². The zero-order valence-corrected chi connectivity index (χ0v) is 13.1. The summed E-state index contributed by atoms with van der Waals surface area (Å²) in [5, 5.41) is 3.80. The number of carbonyl (C=O) groups is 1. The van der Waals surface area contributed by atoms with Crippen LogP contribution in [0.2, 0.25) is 5.02 Å². The van der Waals surface area contributed by atoms with E-state index in [0.29, 0.717) is 16.6 Å². The van der Waals surface area contributed by atoms with E-state index in [0.717, 1.165) is 24.1 Å². The van der Waals surface area contributed by atoms with Gasteiger partial charge in [-0.25, -0.2) is 0 Å². The Morgan fingerprint density at radius 1 is 1.56 bits per heavy atom. The van der Waals surface area contributed by atoms with Gasteiger partial charge in [-0.05, 0) is 35.0 Å². The first-order valence-electron chi connectivity index (χ1n) is 5.56. The van der Waals surface area contributed by atoms with E-state index in [4.69, 9.17) is 11.6 Å². The quantitative estimate of drug-likeness (QED) is 0.841. The highest BCUT2D eigenvalue weighted by Gasteiger charge is 2.23. The van der Waals surface area contributed by atoms with Crippen LogP contribution in [-0.4, -0.2) is 36.5 Å². The van der Waals surface area contributed by atoms with E-state index >= 15 is 0 Å². The molecule has 1 fully saturated rings. The third-order valence-corrected chi connectivity index (χ3v) is 4.13. The summed E-state index contributed by atoms with van der Waals surface area (Å²) in [6.45, 7) is 4.36. The molecule has 1 aliphatic rings. The Hall–Kier alpha value is -0.290. The van der Waals surface area contributed by atoms with Crippen molar-refractivity contribution < 1.29 is 4.79 Å². The molecule has 1 saturated heterocycles. The molecular weight excluding hydrogens is 339 g/mol. The van der Waals surface area contributed by atoms with Gasteiger partial charge in [-0.3, -0.25) is 4.79 Å². The second kappa shape index (κ2) is 6.75. The van der Waals surface area contributed by atoms with Crippen molar-refractivity contribution in [2.24, 2.45) is 0 Å². The summed E-state index contributed by atoms with van der Waals surface area (Å²) >= 11 is 9.47. The van der Waals surface area contributed by atoms with Crippen molar-refractivity contribution in [3.63, 3.8) is 0 Å².